The van der Waals surface area contributed by atoms with Gasteiger partial charge in [-0.05, 0) is 30.2 Å². The first-order valence-electron chi connectivity index (χ1n) is 5.94. The molecule has 0 aliphatic heterocycles. The Labute approximate surface area is 110 Å². The van der Waals surface area contributed by atoms with E-state index in [0.717, 1.165) is 5.56 Å². The number of carbonyl (C=O) groups is 1. The molecule has 0 radical (unpaired) electrons. The standard InChI is InChI=1S/C13H15FN4O/c1-9-2-3-11(14)4-10(9)5-13(19)8-18-7-12(6-15)16-17-18/h2-4,7H,5-6,8,15H2,1H3. The van der Waals surface area contributed by atoms with E-state index in [4.69, 9.17) is 5.73 Å². The topological polar surface area (TPSA) is 73.8 Å². The van der Waals surface area contributed by atoms with Crippen molar-refractivity contribution in [3.63, 3.8) is 0 Å². The lowest BCUT2D eigenvalue weighted by Crippen LogP contribution is -2.14. The van der Waals surface area contributed by atoms with E-state index in [1.807, 2.05) is 6.92 Å². The number of nitrogens with two attached hydrogens (primary N) is 1. The largest absolute Gasteiger partial charge is 0.325 e. The highest BCUT2D eigenvalue weighted by atomic mass is 19.1. The monoisotopic (exact) mass is 262 g/mol. The molecule has 0 aliphatic carbocycles. The zero-order valence-corrected chi connectivity index (χ0v) is 10.6. The molecule has 0 bridgehead atoms. The van der Waals surface area contributed by atoms with Crippen molar-refractivity contribution in [3.8, 4) is 0 Å². The number of aryl methyl sites for hydroxylation is 1. The smallest absolute Gasteiger partial charge is 0.158 e. The maximum atomic E-state index is 13.1. The van der Waals surface area contributed by atoms with Crippen molar-refractivity contribution >= 4 is 5.78 Å². The number of aromatic nitrogens is 3. The number of rotatable bonds is 5. The SMILES string of the molecule is Cc1ccc(F)cc1CC(=O)Cn1cc(CN)nn1. The van der Waals surface area contributed by atoms with E-state index in [0.29, 0.717) is 11.3 Å². The quantitative estimate of drug-likeness (QED) is 0.872. The van der Waals surface area contributed by atoms with Crippen LogP contribution in [0.4, 0.5) is 4.39 Å². The number of hydrogen-bond donors (Lipinski definition) is 1. The number of nitrogens with zero attached hydrogens (tertiary/aromatic N) is 3. The Morgan fingerprint density at radius 1 is 1.47 bits per heavy atom. The third-order valence-electron chi connectivity index (χ3n) is 2.83. The molecule has 6 heteroatoms. The van der Waals surface area contributed by atoms with Crippen LogP contribution in [0.15, 0.2) is 24.4 Å². The summed E-state index contributed by atoms with van der Waals surface area (Å²) in [4.78, 5) is 11.9. The fraction of sp³-hybridized carbons (Fsp3) is 0.308. The predicted octanol–water partition coefficient (Wildman–Crippen LogP) is 0.996. The van der Waals surface area contributed by atoms with E-state index < -0.39 is 0 Å². The first kappa shape index (κ1) is 13.4. The van der Waals surface area contributed by atoms with Crippen LogP contribution in [-0.2, 0) is 24.3 Å². The second kappa shape index (κ2) is 5.71. The fourth-order valence-corrected chi connectivity index (χ4v) is 1.79. The zero-order chi connectivity index (χ0) is 13.8. The Bertz CT molecular complexity index is 594. The molecule has 2 rings (SSSR count). The number of carbonyl (C=O) groups excluding carboxylic acids is 1. The Kier molecular flexibility index (Phi) is 4.01. The maximum absolute atomic E-state index is 13.1. The van der Waals surface area contributed by atoms with Crippen LogP contribution < -0.4 is 5.73 Å². The summed E-state index contributed by atoms with van der Waals surface area (Å²) in [5.74, 6) is -0.387. The highest BCUT2D eigenvalue weighted by molar-refractivity contribution is 5.80. The second-order valence-corrected chi connectivity index (χ2v) is 4.40. The molecule has 2 aromatic rings. The molecule has 0 spiro atoms. The molecule has 0 saturated carbocycles. The lowest BCUT2D eigenvalue weighted by Gasteiger charge is -2.05. The van der Waals surface area contributed by atoms with Crippen LogP contribution in [0.1, 0.15) is 16.8 Å². The molecule has 0 unspecified atom stereocenters. The Morgan fingerprint density at radius 3 is 2.95 bits per heavy atom. The number of hydrogen-bond acceptors (Lipinski definition) is 4. The molecule has 0 saturated heterocycles. The third-order valence-corrected chi connectivity index (χ3v) is 2.83. The van der Waals surface area contributed by atoms with E-state index in [2.05, 4.69) is 10.3 Å². The van der Waals surface area contributed by atoms with Crippen LogP contribution in [0, 0.1) is 12.7 Å². The van der Waals surface area contributed by atoms with Gasteiger partial charge in [0.25, 0.3) is 0 Å². The van der Waals surface area contributed by atoms with Gasteiger partial charge in [-0.1, -0.05) is 11.3 Å². The van der Waals surface area contributed by atoms with Crippen molar-refractivity contribution in [1.82, 2.24) is 15.0 Å². The molecule has 0 fully saturated rings. The zero-order valence-electron chi connectivity index (χ0n) is 10.6. The highest BCUT2D eigenvalue weighted by Gasteiger charge is 2.09. The molecule has 1 heterocycles. The van der Waals surface area contributed by atoms with E-state index >= 15 is 0 Å². The van der Waals surface area contributed by atoms with Crippen molar-refractivity contribution < 1.29 is 9.18 Å². The normalized spacial score (nSPS) is 10.7. The van der Waals surface area contributed by atoms with Crippen LogP contribution in [0.25, 0.3) is 0 Å². The highest BCUT2D eigenvalue weighted by Crippen LogP contribution is 2.11. The summed E-state index contributed by atoms with van der Waals surface area (Å²) in [5.41, 5.74) is 7.64. The average molecular weight is 262 g/mol. The summed E-state index contributed by atoms with van der Waals surface area (Å²) < 4.78 is 14.6. The van der Waals surface area contributed by atoms with Crippen LogP contribution in [-0.4, -0.2) is 20.8 Å². The minimum Gasteiger partial charge on any atom is -0.325 e. The molecule has 1 aromatic heterocycles. The van der Waals surface area contributed by atoms with Crippen molar-refractivity contribution in [3.05, 3.63) is 47.0 Å². The van der Waals surface area contributed by atoms with Crippen molar-refractivity contribution in [1.29, 1.82) is 0 Å². The van der Waals surface area contributed by atoms with Gasteiger partial charge in [-0.15, -0.1) is 5.10 Å². The van der Waals surface area contributed by atoms with Crippen molar-refractivity contribution in [2.24, 2.45) is 5.73 Å². The number of halogens is 1. The summed E-state index contributed by atoms with van der Waals surface area (Å²) in [6.07, 6.45) is 1.82. The minimum atomic E-state index is -0.334. The first-order chi connectivity index (χ1) is 9.08. The van der Waals surface area contributed by atoms with E-state index in [1.54, 1.807) is 12.3 Å². The van der Waals surface area contributed by atoms with Gasteiger partial charge >= 0.3 is 0 Å². The average Bonchev–Trinajstić information content (AvgIpc) is 2.81. The number of Topliss-reactive ketones (excluding diaryl/α,β-unsaturated/α-hetero) is 1. The molecular formula is C13H15FN4O. The van der Waals surface area contributed by atoms with Gasteiger partial charge < -0.3 is 5.73 Å². The van der Waals surface area contributed by atoms with Gasteiger partial charge in [-0.3, -0.25) is 4.79 Å². The summed E-state index contributed by atoms with van der Waals surface area (Å²) in [5, 5.41) is 7.60. The molecule has 0 atom stereocenters. The summed E-state index contributed by atoms with van der Waals surface area (Å²) in [6.45, 7) is 2.25. The van der Waals surface area contributed by atoms with Gasteiger partial charge in [0.1, 0.15) is 12.4 Å². The lowest BCUT2D eigenvalue weighted by atomic mass is 10.0. The lowest BCUT2D eigenvalue weighted by molar-refractivity contribution is -0.119. The maximum Gasteiger partial charge on any atom is 0.158 e. The molecule has 100 valence electrons. The van der Waals surface area contributed by atoms with Crippen molar-refractivity contribution in [2.45, 2.75) is 26.4 Å². The van der Waals surface area contributed by atoms with Crippen LogP contribution >= 0.6 is 0 Å². The molecule has 0 aliphatic rings. The van der Waals surface area contributed by atoms with Crippen LogP contribution in [0.3, 0.4) is 0 Å². The fourth-order valence-electron chi connectivity index (χ4n) is 1.79. The van der Waals surface area contributed by atoms with Gasteiger partial charge in [0.05, 0.1) is 11.9 Å². The van der Waals surface area contributed by atoms with Crippen LogP contribution in [0.2, 0.25) is 0 Å². The molecule has 2 N–H and O–H groups in total. The molecule has 5 nitrogen and oxygen atoms in total. The summed E-state index contributed by atoms with van der Waals surface area (Å²) in [7, 11) is 0. The Hall–Kier alpha value is -2.08. The molecular weight excluding hydrogens is 247 g/mol. The summed E-state index contributed by atoms with van der Waals surface area (Å²) >= 11 is 0. The van der Waals surface area contributed by atoms with Crippen LogP contribution in [0.5, 0.6) is 0 Å². The van der Waals surface area contributed by atoms with Gasteiger partial charge in [0.2, 0.25) is 0 Å². The van der Waals surface area contributed by atoms with Gasteiger partial charge in [-0.2, -0.15) is 0 Å². The number of benzene rings is 1. The van der Waals surface area contributed by atoms with Gasteiger partial charge in [-0.25, -0.2) is 9.07 Å². The first-order valence-corrected chi connectivity index (χ1v) is 5.94. The van der Waals surface area contributed by atoms with E-state index in [1.165, 1.54) is 16.8 Å². The van der Waals surface area contributed by atoms with E-state index in [-0.39, 0.29) is 31.1 Å². The van der Waals surface area contributed by atoms with Gasteiger partial charge in [0, 0.05) is 13.0 Å². The van der Waals surface area contributed by atoms with E-state index in [9.17, 15) is 9.18 Å². The third kappa shape index (κ3) is 3.45. The second-order valence-electron chi connectivity index (χ2n) is 4.40. The van der Waals surface area contributed by atoms with Gasteiger partial charge in [0.15, 0.2) is 5.78 Å². The molecule has 0 amide bonds. The Balaban J connectivity index is 2.03. The predicted molar refractivity (Wildman–Crippen MR) is 67.8 cm³/mol. The molecule has 1 aromatic carbocycles. The summed E-state index contributed by atoms with van der Waals surface area (Å²) in [6, 6.07) is 4.44. The minimum absolute atomic E-state index is 0.0535. The molecule has 19 heavy (non-hydrogen) atoms. The Morgan fingerprint density at radius 2 is 2.26 bits per heavy atom. The van der Waals surface area contributed by atoms with Crippen molar-refractivity contribution in [2.75, 3.05) is 0 Å². The number of ketones is 1.